The third-order valence-corrected chi connectivity index (χ3v) is 6.37. The fourth-order valence-corrected chi connectivity index (χ4v) is 4.45. The summed E-state index contributed by atoms with van der Waals surface area (Å²) >= 11 is 1.15. The Morgan fingerprint density at radius 1 is 1.00 bits per heavy atom. The number of furan rings is 1. The number of nitrogens with zero attached hydrogens (tertiary/aromatic N) is 4. The minimum atomic E-state index is -4.52. The molecule has 0 aliphatic rings. The molecule has 0 aliphatic carbocycles. The number of benzene rings is 2. The van der Waals surface area contributed by atoms with Gasteiger partial charge in [0.2, 0.25) is 11.7 Å². The predicted octanol–water partition coefficient (Wildman–Crippen LogP) is 5.80. The second-order valence-corrected chi connectivity index (χ2v) is 9.02. The first-order valence-corrected chi connectivity index (χ1v) is 12.4. The molecule has 1 N–H and O–H groups in total. The van der Waals surface area contributed by atoms with Crippen molar-refractivity contribution in [2.24, 2.45) is 0 Å². The van der Waals surface area contributed by atoms with Gasteiger partial charge in [0, 0.05) is 6.54 Å². The van der Waals surface area contributed by atoms with E-state index in [4.69, 9.17) is 8.83 Å². The number of thioether (sulfide) groups is 1. The van der Waals surface area contributed by atoms with Crippen molar-refractivity contribution in [3.63, 3.8) is 0 Å². The molecule has 0 saturated heterocycles. The molecule has 38 heavy (non-hydrogen) atoms. The van der Waals surface area contributed by atoms with Crippen molar-refractivity contribution in [3.05, 3.63) is 102 Å². The molecule has 0 unspecified atom stereocenters. The SMILES string of the molecule is O=C(NCCc1ccccc1)c1coc(CSc2nnc(-c3ccco3)n2-c2cccc(C(F)(F)F)c2)n1. The summed E-state index contributed by atoms with van der Waals surface area (Å²) in [5, 5.41) is 11.4. The van der Waals surface area contributed by atoms with Crippen LogP contribution in [0.5, 0.6) is 0 Å². The maximum absolute atomic E-state index is 13.4. The first-order valence-electron chi connectivity index (χ1n) is 11.4. The molecule has 0 aliphatic heterocycles. The number of nitrogens with one attached hydrogen (secondary N) is 1. The number of alkyl halides is 3. The van der Waals surface area contributed by atoms with Gasteiger partial charge < -0.3 is 14.2 Å². The van der Waals surface area contributed by atoms with Crippen LogP contribution in [0.2, 0.25) is 0 Å². The monoisotopic (exact) mass is 539 g/mol. The first kappa shape index (κ1) is 25.3. The Bertz CT molecular complexity index is 1510. The second kappa shape index (κ2) is 11.0. The molecule has 0 bridgehead atoms. The van der Waals surface area contributed by atoms with Gasteiger partial charge in [-0.3, -0.25) is 9.36 Å². The second-order valence-electron chi connectivity index (χ2n) is 8.07. The summed E-state index contributed by atoms with van der Waals surface area (Å²) < 4.78 is 52.4. The van der Waals surface area contributed by atoms with E-state index in [-0.39, 0.29) is 34.8 Å². The van der Waals surface area contributed by atoms with Crippen LogP contribution in [-0.4, -0.2) is 32.2 Å². The highest BCUT2D eigenvalue weighted by atomic mass is 32.2. The summed E-state index contributed by atoms with van der Waals surface area (Å²) in [6, 6.07) is 17.9. The van der Waals surface area contributed by atoms with E-state index in [0.29, 0.717) is 23.9 Å². The number of rotatable bonds is 9. The molecule has 2 aromatic carbocycles. The van der Waals surface area contributed by atoms with Crippen LogP contribution < -0.4 is 5.32 Å². The normalized spacial score (nSPS) is 11.6. The van der Waals surface area contributed by atoms with Crippen molar-refractivity contribution >= 4 is 17.7 Å². The Morgan fingerprint density at radius 2 is 1.84 bits per heavy atom. The van der Waals surface area contributed by atoms with Crippen molar-refractivity contribution in [1.82, 2.24) is 25.1 Å². The van der Waals surface area contributed by atoms with Crippen molar-refractivity contribution in [2.45, 2.75) is 23.5 Å². The van der Waals surface area contributed by atoms with E-state index >= 15 is 0 Å². The molecule has 0 fully saturated rings. The van der Waals surface area contributed by atoms with Gasteiger partial charge in [0.15, 0.2) is 16.6 Å². The number of carbonyl (C=O) groups is 1. The molecule has 0 saturated carbocycles. The Morgan fingerprint density at radius 3 is 2.61 bits per heavy atom. The Kier molecular flexibility index (Phi) is 7.31. The van der Waals surface area contributed by atoms with Crippen LogP contribution in [0, 0.1) is 0 Å². The van der Waals surface area contributed by atoms with E-state index in [9.17, 15) is 18.0 Å². The minimum Gasteiger partial charge on any atom is -0.461 e. The van der Waals surface area contributed by atoms with Crippen LogP contribution in [0.3, 0.4) is 0 Å². The highest BCUT2D eigenvalue weighted by Crippen LogP contribution is 2.34. The lowest BCUT2D eigenvalue weighted by atomic mass is 10.1. The maximum Gasteiger partial charge on any atom is 0.416 e. The van der Waals surface area contributed by atoms with Crippen LogP contribution in [0.4, 0.5) is 13.2 Å². The van der Waals surface area contributed by atoms with E-state index in [1.54, 1.807) is 12.1 Å². The van der Waals surface area contributed by atoms with Gasteiger partial charge in [-0.1, -0.05) is 48.2 Å². The average molecular weight is 540 g/mol. The van der Waals surface area contributed by atoms with Gasteiger partial charge in [-0.05, 0) is 42.3 Å². The molecule has 5 aromatic rings. The summed E-state index contributed by atoms with van der Waals surface area (Å²) in [7, 11) is 0. The summed E-state index contributed by atoms with van der Waals surface area (Å²) in [4.78, 5) is 16.7. The number of carbonyl (C=O) groups excluding carboxylic acids is 1. The molecule has 5 rings (SSSR count). The zero-order chi connectivity index (χ0) is 26.5. The van der Waals surface area contributed by atoms with Gasteiger partial charge in [-0.15, -0.1) is 10.2 Å². The fraction of sp³-hybridized carbons (Fsp3) is 0.154. The summed E-state index contributed by atoms with van der Waals surface area (Å²) in [6.07, 6.45) is -1.14. The largest absolute Gasteiger partial charge is 0.461 e. The van der Waals surface area contributed by atoms with E-state index in [1.807, 2.05) is 30.3 Å². The van der Waals surface area contributed by atoms with Gasteiger partial charge in [0.25, 0.3) is 5.91 Å². The maximum atomic E-state index is 13.4. The predicted molar refractivity (Wildman–Crippen MR) is 133 cm³/mol. The van der Waals surface area contributed by atoms with E-state index in [1.165, 1.54) is 29.2 Å². The molecule has 3 aromatic heterocycles. The number of hydrogen-bond donors (Lipinski definition) is 1. The van der Waals surface area contributed by atoms with Gasteiger partial charge in [0.1, 0.15) is 6.26 Å². The van der Waals surface area contributed by atoms with Crippen molar-refractivity contribution in [3.8, 4) is 17.3 Å². The van der Waals surface area contributed by atoms with Gasteiger partial charge in [-0.25, -0.2) is 4.98 Å². The number of hydrogen-bond acceptors (Lipinski definition) is 7. The number of aromatic nitrogens is 4. The molecule has 8 nitrogen and oxygen atoms in total. The zero-order valence-corrected chi connectivity index (χ0v) is 20.5. The number of amides is 1. The lowest BCUT2D eigenvalue weighted by Crippen LogP contribution is -2.26. The molecule has 12 heteroatoms. The van der Waals surface area contributed by atoms with Crippen LogP contribution in [0.25, 0.3) is 17.3 Å². The average Bonchev–Trinajstić information content (AvgIpc) is 3.68. The van der Waals surface area contributed by atoms with Crippen LogP contribution in [-0.2, 0) is 18.3 Å². The molecule has 0 spiro atoms. The smallest absolute Gasteiger partial charge is 0.416 e. The highest BCUT2D eigenvalue weighted by Gasteiger charge is 2.31. The van der Waals surface area contributed by atoms with Gasteiger partial charge in [0.05, 0.1) is 23.3 Å². The molecule has 3 heterocycles. The third-order valence-electron chi connectivity index (χ3n) is 5.46. The minimum absolute atomic E-state index is 0.129. The molecular weight excluding hydrogens is 519 g/mol. The van der Waals surface area contributed by atoms with Crippen molar-refractivity contribution in [1.29, 1.82) is 0 Å². The fourth-order valence-electron chi connectivity index (χ4n) is 3.65. The van der Waals surface area contributed by atoms with Crippen molar-refractivity contribution < 1.29 is 26.8 Å². The molecule has 0 atom stereocenters. The molecule has 0 radical (unpaired) electrons. The van der Waals surface area contributed by atoms with E-state index in [0.717, 1.165) is 29.5 Å². The van der Waals surface area contributed by atoms with Crippen LogP contribution >= 0.6 is 11.8 Å². The lowest BCUT2D eigenvalue weighted by Gasteiger charge is -2.12. The number of oxazole rings is 1. The molecule has 194 valence electrons. The molecular formula is C26H20F3N5O3S. The lowest BCUT2D eigenvalue weighted by molar-refractivity contribution is -0.137. The Hall–Kier alpha value is -4.32. The number of halogens is 3. The van der Waals surface area contributed by atoms with E-state index in [2.05, 4.69) is 20.5 Å². The topological polar surface area (TPSA) is 99.0 Å². The standard InChI is InChI=1S/C26H20F3N5O3S/c27-26(28,29)18-8-4-9-19(14-18)34-23(21-10-5-13-36-21)32-33-25(34)38-16-22-31-20(15-37-22)24(35)30-12-11-17-6-2-1-3-7-17/h1-10,13-15H,11-12,16H2,(H,30,35). The van der Waals surface area contributed by atoms with Crippen LogP contribution in [0.15, 0.2) is 93.2 Å². The summed E-state index contributed by atoms with van der Waals surface area (Å²) in [5.74, 6) is 0.622. The zero-order valence-electron chi connectivity index (χ0n) is 19.7. The summed E-state index contributed by atoms with van der Waals surface area (Å²) in [5.41, 5.74) is 0.637. The quantitative estimate of drug-likeness (QED) is 0.236. The van der Waals surface area contributed by atoms with Gasteiger partial charge in [-0.2, -0.15) is 13.2 Å². The first-order chi connectivity index (χ1) is 18.4. The molecule has 1 amide bonds. The Labute approximate surface area is 218 Å². The summed E-state index contributed by atoms with van der Waals surface area (Å²) in [6.45, 7) is 0.440. The Balaban J connectivity index is 1.30. The third kappa shape index (κ3) is 5.80. The van der Waals surface area contributed by atoms with Crippen LogP contribution in [0.1, 0.15) is 27.5 Å². The van der Waals surface area contributed by atoms with Gasteiger partial charge >= 0.3 is 6.18 Å². The van der Waals surface area contributed by atoms with Crippen molar-refractivity contribution in [2.75, 3.05) is 6.54 Å². The van der Waals surface area contributed by atoms with E-state index < -0.39 is 11.7 Å². The highest BCUT2D eigenvalue weighted by molar-refractivity contribution is 7.98.